The SMILES string of the molecule is CC(CN(C)C)N(C)C.CC(NCCN)C(C)(C)N(C)C. The summed E-state index contributed by atoms with van der Waals surface area (Å²) in [7, 11) is 12.6. The molecule has 0 aliphatic rings. The van der Waals surface area contributed by atoms with Crippen molar-refractivity contribution in [2.75, 3.05) is 61.9 Å². The molecule has 0 heterocycles. The van der Waals surface area contributed by atoms with Crippen LogP contribution in [-0.2, 0) is 0 Å². The summed E-state index contributed by atoms with van der Waals surface area (Å²) in [5.74, 6) is 0. The van der Waals surface area contributed by atoms with Crippen molar-refractivity contribution in [3.8, 4) is 0 Å². The van der Waals surface area contributed by atoms with Crippen molar-refractivity contribution in [1.82, 2.24) is 20.0 Å². The van der Waals surface area contributed by atoms with E-state index in [1.54, 1.807) is 0 Å². The van der Waals surface area contributed by atoms with Gasteiger partial charge in [0.05, 0.1) is 0 Å². The fourth-order valence-electron chi connectivity index (χ4n) is 1.63. The van der Waals surface area contributed by atoms with Crippen molar-refractivity contribution >= 4 is 0 Å². The molecule has 130 valence electrons. The Kier molecular flexibility index (Phi) is 12.5. The first-order chi connectivity index (χ1) is 9.46. The van der Waals surface area contributed by atoms with Gasteiger partial charge in [0, 0.05) is 37.3 Å². The van der Waals surface area contributed by atoms with Crippen molar-refractivity contribution in [2.45, 2.75) is 45.3 Å². The first-order valence-corrected chi connectivity index (χ1v) is 7.88. The highest BCUT2D eigenvalue weighted by atomic mass is 15.2. The van der Waals surface area contributed by atoms with Gasteiger partial charge in [-0.3, -0.25) is 0 Å². The summed E-state index contributed by atoms with van der Waals surface area (Å²) >= 11 is 0. The molecule has 0 amide bonds. The van der Waals surface area contributed by atoms with Gasteiger partial charge in [0.15, 0.2) is 0 Å². The molecule has 5 heteroatoms. The zero-order chi connectivity index (χ0) is 17.2. The number of likely N-dealkylation sites (N-methyl/N-ethyl adjacent to an activating group) is 3. The van der Waals surface area contributed by atoms with Gasteiger partial charge in [0.1, 0.15) is 0 Å². The normalized spacial score (nSPS) is 15.1. The Morgan fingerprint density at radius 2 is 1.48 bits per heavy atom. The third-order valence-corrected chi connectivity index (χ3v) is 4.32. The summed E-state index contributed by atoms with van der Waals surface area (Å²) in [5.41, 5.74) is 5.60. The lowest BCUT2D eigenvalue weighted by Crippen LogP contribution is -2.54. The van der Waals surface area contributed by atoms with Gasteiger partial charge in [-0.05, 0) is 70.0 Å². The molecule has 0 rings (SSSR count). The third kappa shape index (κ3) is 11.1. The molecule has 0 spiro atoms. The van der Waals surface area contributed by atoms with E-state index in [4.69, 9.17) is 5.73 Å². The van der Waals surface area contributed by atoms with E-state index in [9.17, 15) is 0 Å². The standard InChI is InChI=1S/C9H23N3.C7H18N2/c1-8(11-7-6-10)9(2,3)12(4)5;1-7(9(4)5)6-8(2)3/h8,11H,6-7,10H2,1-5H3;7H,6H2,1-5H3. The van der Waals surface area contributed by atoms with Crippen LogP contribution in [0.3, 0.4) is 0 Å². The lowest BCUT2D eigenvalue weighted by molar-refractivity contribution is 0.147. The van der Waals surface area contributed by atoms with E-state index in [0.29, 0.717) is 18.6 Å². The molecule has 5 nitrogen and oxygen atoms in total. The molecule has 0 fully saturated rings. The van der Waals surface area contributed by atoms with E-state index < -0.39 is 0 Å². The topological polar surface area (TPSA) is 47.8 Å². The molecule has 0 radical (unpaired) electrons. The Labute approximate surface area is 133 Å². The van der Waals surface area contributed by atoms with Crippen LogP contribution in [0, 0.1) is 0 Å². The van der Waals surface area contributed by atoms with Crippen molar-refractivity contribution in [3.05, 3.63) is 0 Å². The average Bonchev–Trinajstić information content (AvgIpc) is 2.35. The van der Waals surface area contributed by atoms with Crippen LogP contribution in [0.1, 0.15) is 27.7 Å². The zero-order valence-electron chi connectivity index (χ0n) is 16.2. The van der Waals surface area contributed by atoms with Crippen LogP contribution in [0.25, 0.3) is 0 Å². The summed E-state index contributed by atoms with van der Waals surface area (Å²) in [4.78, 5) is 6.64. The molecule has 3 N–H and O–H groups in total. The molecular formula is C16H41N5. The van der Waals surface area contributed by atoms with Gasteiger partial charge >= 0.3 is 0 Å². The van der Waals surface area contributed by atoms with Gasteiger partial charge in [-0.1, -0.05) is 0 Å². The average molecular weight is 304 g/mol. The molecule has 0 bridgehead atoms. The molecule has 21 heavy (non-hydrogen) atoms. The molecule has 0 saturated carbocycles. The fraction of sp³-hybridized carbons (Fsp3) is 1.00. The minimum Gasteiger partial charge on any atom is -0.329 e. The highest BCUT2D eigenvalue weighted by molar-refractivity contribution is 4.88. The second kappa shape index (κ2) is 11.4. The van der Waals surface area contributed by atoms with Gasteiger partial charge in [-0.25, -0.2) is 0 Å². The van der Waals surface area contributed by atoms with Crippen LogP contribution >= 0.6 is 0 Å². The van der Waals surface area contributed by atoms with Gasteiger partial charge in [0.25, 0.3) is 0 Å². The van der Waals surface area contributed by atoms with E-state index in [-0.39, 0.29) is 5.54 Å². The van der Waals surface area contributed by atoms with E-state index >= 15 is 0 Å². The predicted octanol–water partition coefficient (Wildman–Crippen LogP) is 0.762. The van der Waals surface area contributed by atoms with E-state index in [2.05, 4.69) is 90.0 Å². The third-order valence-electron chi connectivity index (χ3n) is 4.32. The predicted molar refractivity (Wildman–Crippen MR) is 96.0 cm³/mol. The maximum atomic E-state index is 5.42. The van der Waals surface area contributed by atoms with Crippen LogP contribution in [-0.4, -0.2) is 94.2 Å². The Morgan fingerprint density at radius 1 is 1.00 bits per heavy atom. The molecule has 0 aromatic carbocycles. The molecular weight excluding hydrogens is 262 g/mol. The van der Waals surface area contributed by atoms with Crippen LogP contribution in [0.4, 0.5) is 0 Å². The maximum absolute atomic E-state index is 5.42. The van der Waals surface area contributed by atoms with E-state index in [0.717, 1.165) is 13.1 Å². The van der Waals surface area contributed by atoms with Crippen LogP contribution in [0.5, 0.6) is 0 Å². The highest BCUT2D eigenvalue weighted by Gasteiger charge is 2.27. The first kappa shape index (κ1) is 23.1. The highest BCUT2D eigenvalue weighted by Crippen LogP contribution is 2.14. The van der Waals surface area contributed by atoms with Gasteiger partial charge < -0.3 is 25.8 Å². The first-order valence-electron chi connectivity index (χ1n) is 7.88. The Hall–Kier alpha value is -0.200. The second-order valence-electron chi connectivity index (χ2n) is 7.09. The lowest BCUT2D eigenvalue weighted by atomic mass is 9.95. The number of nitrogens with two attached hydrogens (primary N) is 1. The molecule has 0 aliphatic carbocycles. The van der Waals surface area contributed by atoms with Crippen LogP contribution in [0.2, 0.25) is 0 Å². The molecule has 0 aromatic rings. The molecule has 0 aromatic heterocycles. The monoisotopic (exact) mass is 303 g/mol. The smallest absolute Gasteiger partial charge is 0.0297 e. The lowest BCUT2D eigenvalue weighted by Gasteiger charge is -2.38. The number of nitrogens with zero attached hydrogens (tertiary/aromatic N) is 3. The van der Waals surface area contributed by atoms with E-state index in [1.165, 1.54) is 0 Å². The van der Waals surface area contributed by atoms with E-state index in [1.807, 2.05) is 0 Å². The van der Waals surface area contributed by atoms with Gasteiger partial charge in [-0.2, -0.15) is 0 Å². The van der Waals surface area contributed by atoms with Gasteiger partial charge in [-0.15, -0.1) is 0 Å². The van der Waals surface area contributed by atoms with Crippen molar-refractivity contribution in [3.63, 3.8) is 0 Å². The van der Waals surface area contributed by atoms with Crippen molar-refractivity contribution in [1.29, 1.82) is 0 Å². The molecule has 2 unspecified atom stereocenters. The Balaban J connectivity index is 0. The summed E-state index contributed by atoms with van der Waals surface area (Å²) in [6.45, 7) is 11.6. The molecule has 0 saturated heterocycles. The minimum absolute atomic E-state index is 0.176. The summed E-state index contributed by atoms with van der Waals surface area (Å²) in [6, 6.07) is 1.11. The van der Waals surface area contributed by atoms with Crippen molar-refractivity contribution < 1.29 is 0 Å². The summed E-state index contributed by atoms with van der Waals surface area (Å²) < 4.78 is 0. The number of hydrogen-bond acceptors (Lipinski definition) is 5. The zero-order valence-corrected chi connectivity index (χ0v) is 16.2. The second-order valence-corrected chi connectivity index (χ2v) is 7.09. The number of rotatable bonds is 8. The maximum Gasteiger partial charge on any atom is 0.0297 e. The molecule has 2 atom stereocenters. The minimum atomic E-state index is 0.176. The quantitative estimate of drug-likeness (QED) is 0.693. The summed E-state index contributed by atoms with van der Waals surface area (Å²) in [5, 5.41) is 3.39. The summed E-state index contributed by atoms with van der Waals surface area (Å²) in [6.07, 6.45) is 0. The van der Waals surface area contributed by atoms with Crippen LogP contribution < -0.4 is 11.1 Å². The Morgan fingerprint density at radius 3 is 1.71 bits per heavy atom. The number of hydrogen-bond donors (Lipinski definition) is 2. The van der Waals surface area contributed by atoms with Gasteiger partial charge in [0.2, 0.25) is 0 Å². The van der Waals surface area contributed by atoms with Crippen molar-refractivity contribution in [2.24, 2.45) is 5.73 Å². The molecule has 0 aliphatic heterocycles. The largest absolute Gasteiger partial charge is 0.329 e. The fourth-order valence-corrected chi connectivity index (χ4v) is 1.63. The van der Waals surface area contributed by atoms with Crippen LogP contribution in [0.15, 0.2) is 0 Å². The Bertz CT molecular complexity index is 239. The number of nitrogens with one attached hydrogen (secondary N) is 1.